The third-order valence-electron chi connectivity index (χ3n) is 2.49. The molecule has 2 heterocycles. The maximum atomic E-state index is 10.3. The Hall–Kier alpha value is -2.95. The molecule has 2 rings (SSSR count). The summed E-state index contributed by atoms with van der Waals surface area (Å²) in [4.78, 5) is 34.3. The number of hydrogen-bond donors (Lipinski definition) is 3. The molecule has 3 N–H and O–H groups in total. The SMILES string of the molecule is O=C(O)C(=O)O.O=[N+]([O-])/N=C1\NCCN1Cc1ccc(Cl)nc1. The van der Waals surface area contributed by atoms with Gasteiger partial charge in [-0.25, -0.2) is 24.7 Å². The van der Waals surface area contributed by atoms with E-state index in [9.17, 15) is 10.1 Å². The fourth-order valence-electron chi connectivity index (χ4n) is 1.57. The predicted molar refractivity (Wildman–Crippen MR) is 77.4 cm³/mol. The number of pyridine rings is 1. The first-order valence-corrected chi connectivity index (χ1v) is 6.46. The topological polar surface area (TPSA) is 158 Å². The second-order valence-corrected chi connectivity index (χ2v) is 4.50. The fourth-order valence-corrected chi connectivity index (χ4v) is 1.68. The molecule has 0 aliphatic carbocycles. The summed E-state index contributed by atoms with van der Waals surface area (Å²) in [5.74, 6) is -3.37. The molecule has 11 nitrogen and oxygen atoms in total. The molecule has 1 aromatic rings. The van der Waals surface area contributed by atoms with Crippen LogP contribution >= 0.6 is 11.6 Å². The van der Waals surface area contributed by atoms with Crippen molar-refractivity contribution >= 4 is 29.5 Å². The van der Waals surface area contributed by atoms with Crippen LogP contribution in [0.1, 0.15) is 5.56 Å². The van der Waals surface area contributed by atoms with Gasteiger partial charge >= 0.3 is 11.9 Å². The van der Waals surface area contributed by atoms with E-state index in [1.54, 1.807) is 17.2 Å². The summed E-state index contributed by atoms with van der Waals surface area (Å²) in [6, 6.07) is 3.52. The molecule has 0 saturated carbocycles. The lowest BCUT2D eigenvalue weighted by Gasteiger charge is -2.14. The molecule has 0 radical (unpaired) electrons. The molecule has 1 saturated heterocycles. The van der Waals surface area contributed by atoms with Crippen LogP contribution in [-0.4, -0.2) is 56.1 Å². The number of nitrogens with one attached hydrogen (secondary N) is 1. The number of nitro groups is 1. The number of guanidine groups is 1. The molecule has 1 aromatic heterocycles. The van der Waals surface area contributed by atoms with Crippen molar-refractivity contribution in [2.45, 2.75) is 6.54 Å². The summed E-state index contributed by atoms with van der Waals surface area (Å²) in [6.07, 6.45) is 1.64. The Labute approximate surface area is 134 Å². The molecule has 0 amide bonds. The zero-order chi connectivity index (χ0) is 17.4. The Morgan fingerprint density at radius 1 is 1.43 bits per heavy atom. The van der Waals surface area contributed by atoms with Gasteiger partial charge in [-0.1, -0.05) is 17.7 Å². The van der Waals surface area contributed by atoms with Crippen molar-refractivity contribution in [1.29, 1.82) is 0 Å². The van der Waals surface area contributed by atoms with Crippen LogP contribution in [0.25, 0.3) is 0 Å². The number of carboxylic acid groups (broad SMARTS) is 2. The monoisotopic (exact) mass is 345 g/mol. The lowest BCUT2D eigenvalue weighted by Crippen LogP contribution is -2.30. The molecule has 12 heteroatoms. The second-order valence-electron chi connectivity index (χ2n) is 4.11. The number of nitrogens with zero attached hydrogens (tertiary/aromatic N) is 4. The molecule has 0 unspecified atom stereocenters. The van der Waals surface area contributed by atoms with E-state index >= 15 is 0 Å². The first kappa shape index (κ1) is 18.1. The minimum atomic E-state index is -1.82. The Morgan fingerprint density at radius 3 is 2.57 bits per heavy atom. The van der Waals surface area contributed by atoms with Crippen molar-refractivity contribution in [2.75, 3.05) is 13.1 Å². The van der Waals surface area contributed by atoms with Gasteiger partial charge in [0.05, 0.1) is 0 Å². The highest BCUT2D eigenvalue weighted by atomic mass is 35.5. The summed E-state index contributed by atoms with van der Waals surface area (Å²) in [6.45, 7) is 1.84. The van der Waals surface area contributed by atoms with Crippen molar-refractivity contribution < 1.29 is 24.8 Å². The fraction of sp³-hybridized carbons (Fsp3) is 0.273. The van der Waals surface area contributed by atoms with Gasteiger partial charge in [-0.05, 0) is 11.6 Å². The Bertz CT molecular complexity index is 608. The van der Waals surface area contributed by atoms with Gasteiger partial charge in [-0.15, -0.1) is 0 Å². The zero-order valence-corrected chi connectivity index (χ0v) is 12.3. The Morgan fingerprint density at radius 2 is 2.09 bits per heavy atom. The number of hydrogen-bond acceptors (Lipinski definition) is 5. The lowest BCUT2D eigenvalue weighted by atomic mass is 10.3. The van der Waals surface area contributed by atoms with Crippen LogP contribution in [0, 0.1) is 10.1 Å². The molecular formula is C11H12ClN5O6. The van der Waals surface area contributed by atoms with Gasteiger partial charge in [-0.2, -0.15) is 0 Å². The minimum Gasteiger partial charge on any atom is -0.473 e. The van der Waals surface area contributed by atoms with Crippen LogP contribution in [-0.2, 0) is 16.1 Å². The van der Waals surface area contributed by atoms with Crippen molar-refractivity contribution in [3.05, 3.63) is 39.2 Å². The number of aromatic nitrogens is 1. The molecule has 1 fully saturated rings. The third kappa shape index (κ3) is 6.56. The summed E-state index contributed by atoms with van der Waals surface area (Å²) < 4.78 is 0. The number of rotatable bonds is 3. The summed E-state index contributed by atoms with van der Waals surface area (Å²) in [5, 5.41) is 31.0. The van der Waals surface area contributed by atoms with Gasteiger partial charge < -0.3 is 20.4 Å². The van der Waals surface area contributed by atoms with Crippen LogP contribution < -0.4 is 5.32 Å². The van der Waals surface area contributed by atoms with Gasteiger partial charge in [0.25, 0.3) is 5.96 Å². The van der Waals surface area contributed by atoms with E-state index in [4.69, 9.17) is 31.4 Å². The van der Waals surface area contributed by atoms with Gasteiger partial charge in [0.15, 0.2) is 5.03 Å². The molecule has 23 heavy (non-hydrogen) atoms. The molecule has 124 valence electrons. The highest BCUT2D eigenvalue weighted by molar-refractivity contribution is 6.29. The molecule has 0 aromatic carbocycles. The van der Waals surface area contributed by atoms with E-state index in [1.807, 2.05) is 6.07 Å². The smallest absolute Gasteiger partial charge is 0.414 e. The number of aliphatic carboxylic acids is 2. The lowest BCUT2D eigenvalue weighted by molar-refractivity contribution is -0.485. The molecular weight excluding hydrogens is 334 g/mol. The predicted octanol–water partition coefficient (Wildman–Crippen LogP) is -0.156. The van der Waals surface area contributed by atoms with Crippen molar-refractivity contribution in [3.8, 4) is 0 Å². The van der Waals surface area contributed by atoms with Gasteiger partial charge in [0.2, 0.25) is 0 Å². The summed E-state index contributed by atoms with van der Waals surface area (Å²) in [7, 11) is 0. The largest absolute Gasteiger partial charge is 0.473 e. The standard InChI is InChI=1S/C9H10ClN5O2.C2H2O4/c10-8-2-1-7(5-12-8)6-14-4-3-11-9(14)13-15(16)17;3-1(4)2(5)6/h1-2,5H,3-4,6H2,(H,11,13);(H,3,4)(H,5,6). The van der Waals surface area contributed by atoms with Crippen LogP contribution in [0.3, 0.4) is 0 Å². The van der Waals surface area contributed by atoms with E-state index in [2.05, 4.69) is 15.4 Å². The molecule has 0 atom stereocenters. The van der Waals surface area contributed by atoms with E-state index in [-0.39, 0.29) is 5.96 Å². The van der Waals surface area contributed by atoms with Gasteiger partial charge in [0, 0.05) is 25.8 Å². The van der Waals surface area contributed by atoms with Crippen molar-refractivity contribution in [2.24, 2.45) is 5.10 Å². The highest BCUT2D eigenvalue weighted by Crippen LogP contribution is 2.09. The van der Waals surface area contributed by atoms with Gasteiger partial charge in [-0.3, -0.25) is 0 Å². The third-order valence-corrected chi connectivity index (χ3v) is 2.71. The summed E-state index contributed by atoms with van der Waals surface area (Å²) >= 11 is 5.68. The van der Waals surface area contributed by atoms with E-state index in [0.29, 0.717) is 24.8 Å². The maximum absolute atomic E-state index is 10.3. The van der Waals surface area contributed by atoms with Crippen LogP contribution in [0.15, 0.2) is 23.4 Å². The Balaban J connectivity index is 0.000000379. The van der Waals surface area contributed by atoms with Crippen molar-refractivity contribution in [1.82, 2.24) is 15.2 Å². The van der Waals surface area contributed by atoms with Crippen LogP contribution in [0.5, 0.6) is 0 Å². The van der Waals surface area contributed by atoms with E-state index in [1.165, 1.54) is 0 Å². The zero-order valence-electron chi connectivity index (χ0n) is 11.5. The number of carbonyl (C=O) groups is 2. The molecule has 0 bridgehead atoms. The van der Waals surface area contributed by atoms with E-state index in [0.717, 1.165) is 5.56 Å². The van der Waals surface area contributed by atoms with Crippen LogP contribution in [0.4, 0.5) is 0 Å². The average molecular weight is 346 g/mol. The highest BCUT2D eigenvalue weighted by Gasteiger charge is 2.21. The van der Waals surface area contributed by atoms with Gasteiger partial charge in [0.1, 0.15) is 10.3 Å². The number of carboxylic acids is 2. The normalized spacial score (nSPS) is 14.7. The quantitative estimate of drug-likeness (QED) is 0.293. The van der Waals surface area contributed by atoms with Crippen LogP contribution in [0.2, 0.25) is 5.15 Å². The number of hydrazone groups is 1. The van der Waals surface area contributed by atoms with E-state index < -0.39 is 17.0 Å². The molecule has 1 aliphatic rings. The first-order chi connectivity index (χ1) is 10.8. The molecule has 1 aliphatic heterocycles. The minimum absolute atomic E-state index is 0.282. The second kappa shape index (κ2) is 8.48. The van der Waals surface area contributed by atoms with Crippen molar-refractivity contribution in [3.63, 3.8) is 0 Å². The molecule has 0 spiro atoms. The first-order valence-electron chi connectivity index (χ1n) is 6.08. The average Bonchev–Trinajstić information content (AvgIpc) is 2.88. The summed E-state index contributed by atoms with van der Waals surface area (Å²) in [5.41, 5.74) is 0.925. The number of halogens is 1. The maximum Gasteiger partial charge on any atom is 0.414 e. The Kier molecular flexibility index (Phi) is 6.68.